The van der Waals surface area contributed by atoms with E-state index in [1.54, 1.807) is 23.6 Å². The van der Waals surface area contributed by atoms with Crippen LogP contribution in [0.25, 0.3) is 11.4 Å². The number of Topliss-reactive ketones (excluding diaryl/α,β-unsaturated/α-hetero) is 1. The minimum atomic E-state index is -1.20. The molecule has 1 fully saturated rings. The number of amides is 1. The van der Waals surface area contributed by atoms with Crippen LogP contribution in [0.2, 0.25) is 0 Å². The number of carbonyl (C=O) groups is 2. The molecular formula is C29H22N6O5S2. The first kappa shape index (κ1) is 27.3. The lowest BCUT2D eigenvalue weighted by Crippen LogP contribution is -2.29. The molecule has 1 unspecified atom stereocenters. The molecule has 5 aromatic rings. The second kappa shape index (κ2) is 10.8. The molecule has 4 heterocycles. The van der Waals surface area contributed by atoms with Gasteiger partial charge < -0.3 is 9.51 Å². The summed E-state index contributed by atoms with van der Waals surface area (Å²) < 4.78 is 2.35. The summed E-state index contributed by atoms with van der Waals surface area (Å²) in [4.78, 5) is 43.9. The Morgan fingerprint density at radius 2 is 1.86 bits per heavy atom. The monoisotopic (exact) mass is 598 g/mol. The van der Waals surface area contributed by atoms with Crippen LogP contribution in [0.4, 0.5) is 10.8 Å². The average molecular weight is 599 g/mol. The third kappa shape index (κ3) is 4.72. The Morgan fingerprint density at radius 1 is 1.07 bits per heavy atom. The van der Waals surface area contributed by atoms with E-state index in [0.29, 0.717) is 21.4 Å². The number of aromatic nitrogens is 4. The SMILES string of the molecule is Cc1cccn2c(C)c(C(O)=C3C(=O)C(=O)N(c4nnc(SCc5ccccc5)s4)C3c3cccc([N+](=O)[O-])c3)nc12. The van der Waals surface area contributed by atoms with E-state index >= 15 is 0 Å². The van der Waals surface area contributed by atoms with Crippen LogP contribution in [-0.4, -0.2) is 41.3 Å². The van der Waals surface area contributed by atoms with Crippen molar-refractivity contribution in [2.75, 3.05) is 4.90 Å². The Morgan fingerprint density at radius 3 is 2.60 bits per heavy atom. The van der Waals surface area contributed by atoms with E-state index in [1.165, 1.54) is 30.0 Å². The third-order valence-corrected chi connectivity index (χ3v) is 9.08. The van der Waals surface area contributed by atoms with Crippen molar-refractivity contribution < 1.29 is 19.6 Å². The molecule has 0 radical (unpaired) electrons. The first-order valence-electron chi connectivity index (χ1n) is 12.7. The Labute approximate surface area is 247 Å². The van der Waals surface area contributed by atoms with Crippen molar-refractivity contribution in [3.63, 3.8) is 0 Å². The van der Waals surface area contributed by atoms with Crippen molar-refractivity contribution in [1.82, 2.24) is 19.6 Å². The Hall–Kier alpha value is -4.88. The predicted octanol–water partition coefficient (Wildman–Crippen LogP) is 5.63. The molecule has 6 rings (SSSR count). The molecule has 1 aliphatic rings. The van der Waals surface area contributed by atoms with E-state index in [0.717, 1.165) is 27.4 Å². The summed E-state index contributed by atoms with van der Waals surface area (Å²) in [6.45, 7) is 3.62. The topological polar surface area (TPSA) is 144 Å². The smallest absolute Gasteiger partial charge is 0.301 e. The zero-order valence-corrected chi connectivity index (χ0v) is 23.9. The number of aliphatic hydroxyl groups is 1. The normalized spacial score (nSPS) is 16.4. The number of hydrogen-bond acceptors (Lipinski definition) is 10. The van der Waals surface area contributed by atoms with Crippen LogP contribution in [-0.2, 0) is 15.3 Å². The number of pyridine rings is 1. The number of nitro benzene ring substituents is 1. The van der Waals surface area contributed by atoms with E-state index in [4.69, 9.17) is 0 Å². The number of thioether (sulfide) groups is 1. The number of nitrogens with zero attached hydrogens (tertiary/aromatic N) is 6. The second-order valence-electron chi connectivity index (χ2n) is 9.58. The number of anilines is 1. The number of fused-ring (bicyclic) bond motifs is 1. The summed E-state index contributed by atoms with van der Waals surface area (Å²) in [5, 5.41) is 31.8. The molecule has 42 heavy (non-hydrogen) atoms. The summed E-state index contributed by atoms with van der Waals surface area (Å²) in [6.07, 6.45) is 1.79. The van der Waals surface area contributed by atoms with Crippen molar-refractivity contribution >= 4 is 57.0 Å². The van der Waals surface area contributed by atoms with Gasteiger partial charge in [-0.1, -0.05) is 71.6 Å². The maximum atomic E-state index is 13.6. The minimum Gasteiger partial charge on any atom is -0.505 e. The number of nitro groups is 1. The zero-order chi connectivity index (χ0) is 29.5. The Bertz CT molecular complexity index is 1920. The van der Waals surface area contributed by atoms with Crippen LogP contribution >= 0.6 is 23.1 Å². The molecule has 1 atom stereocenters. The van der Waals surface area contributed by atoms with Gasteiger partial charge in [-0.25, -0.2) is 4.98 Å². The lowest BCUT2D eigenvalue weighted by Gasteiger charge is -2.22. The fourth-order valence-corrected chi connectivity index (χ4v) is 6.73. The number of non-ortho nitro benzene ring substituents is 1. The Kier molecular flexibility index (Phi) is 7.04. The zero-order valence-electron chi connectivity index (χ0n) is 22.3. The van der Waals surface area contributed by atoms with Crippen molar-refractivity contribution in [1.29, 1.82) is 0 Å². The summed E-state index contributed by atoms with van der Waals surface area (Å²) >= 11 is 2.55. The van der Waals surface area contributed by atoms with E-state index in [2.05, 4.69) is 15.2 Å². The molecular weight excluding hydrogens is 576 g/mol. The van der Waals surface area contributed by atoms with E-state index in [-0.39, 0.29) is 27.6 Å². The molecule has 210 valence electrons. The van der Waals surface area contributed by atoms with Crippen LogP contribution in [0.1, 0.15) is 34.1 Å². The van der Waals surface area contributed by atoms with Crippen LogP contribution in [0.3, 0.4) is 0 Å². The number of hydrogen-bond donors (Lipinski definition) is 1. The number of benzene rings is 2. The van der Waals surface area contributed by atoms with Crippen LogP contribution in [0.15, 0.2) is 82.8 Å². The molecule has 2 aromatic carbocycles. The van der Waals surface area contributed by atoms with E-state index in [9.17, 15) is 24.8 Å². The fourth-order valence-electron chi connectivity index (χ4n) is 4.91. The van der Waals surface area contributed by atoms with Gasteiger partial charge in [0.1, 0.15) is 11.3 Å². The largest absolute Gasteiger partial charge is 0.505 e. The summed E-state index contributed by atoms with van der Waals surface area (Å²) in [6, 6.07) is 17.9. The van der Waals surface area contributed by atoms with Gasteiger partial charge in [-0.15, -0.1) is 10.2 Å². The maximum Gasteiger partial charge on any atom is 0.301 e. The number of aryl methyl sites for hydroxylation is 2. The van der Waals surface area contributed by atoms with Gasteiger partial charge in [-0.05, 0) is 36.6 Å². The fraction of sp³-hybridized carbons (Fsp3) is 0.138. The van der Waals surface area contributed by atoms with Crippen molar-refractivity contribution in [2.45, 2.75) is 30.0 Å². The molecule has 0 spiro atoms. The van der Waals surface area contributed by atoms with Crippen LogP contribution in [0.5, 0.6) is 0 Å². The molecule has 0 saturated carbocycles. The lowest BCUT2D eigenvalue weighted by molar-refractivity contribution is -0.384. The Balaban J connectivity index is 1.48. The van der Waals surface area contributed by atoms with Crippen molar-refractivity contribution in [3.05, 3.63) is 117 Å². The second-order valence-corrected chi connectivity index (χ2v) is 11.8. The molecule has 0 bridgehead atoms. The number of ketones is 1. The number of imidazole rings is 1. The van der Waals surface area contributed by atoms with Gasteiger partial charge in [0.05, 0.1) is 22.2 Å². The standard InChI is InChI=1S/C29H22N6O5S2/c1-16-8-7-13-33-17(2)22(30-26(16)33)24(36)21-23(19-11-6-12-20(14-19)35(39)40)34(27(38)25(21)37)28-31-32-29(42-28)41-15-18-9-4-3-5-10-18/h3-14,23,36H,15H2,1-2H3. The van der Waals surface area contributed by atoms with Crippen LogP contribution < -0.4 is 4.90 Å². The van der Waals surface area contributed by atoms with Gasteiger partial charge in [0, 0.05) is 24.1 Å². The van der Waals surface area contributed by atoms with E-state index in [1.807, 2.05) is 49.4 Å². The molecule has 1 amide bonds. The molecule has 3 aromatic heterocycles. The van der Waals surface area contributed by atoms with E-state index < -0.39 is 28.4 Å². The summed E-state index contributed by atoms with van der Waals surface area (Å²) in [5.41, 5.74) is 3.00. The van der Waals surface area contributed by atoms with Crippen LogP contribution in [0, 0.1) is 24.0 Å². The quantitative estimate of drug-likeness (QED) is 0.0479. The number of carbonyl (C=O) groups excluding carboxylic acids is 2. The first-order chi connectivity index (χ1) is 20.2. The van der Waals surface area contributed by atoms with Crippen molar-refractivity contribution in [2.24, 2.45) is 0 Å². The molecule has 1 aliphatic heterocycles. The van der Waals surface area contributed by atoms with Gasteiger partial charge in [-0.2, -0.15) is 0 Å². The first-order valence-corrected chi connectivity index (χ1v) is 14.5. The molecule has 1 N–H and O–H groups in total. The maximum absolute atomic E-state index is 13.6. The van der Waals surface area contributed by atoms with Gasteiger partial charge in [0.2, 0.25) is 5.13 Å². The van der Waals surface area contributed by atoms with Gasteiger partial charge in [0.15, 0.2) is 10.1 Å². The predicted molar refractivity (Wildman–Crippen MR) is 158 cm³/mol. The third-order valence-electron chi connectivity index (χ3n) is 6.96. The number of rotatable bonds is 7. The minimum absolute atomic E-state index is 0.130. The highest BCUT2D eigenvalue weighted by atomic mass is 32.2. The van der Waals surface area contributed by atoms with Gasteiger partial charge in [-0.3, -0.25) is 24.6 Å². The van der Waals surface area contributed by atoms with Gasteiger partial charge in [0.25, 0.3) is 11.5 Å². The highest BCUT2D eigenvalue weighted by Gasteiger charge is 2.49. The highest BCUT2D eigenvalue weighted by molar-refractivity contribution is 8.00. The molecule has 0 aliphatic carbocycles. The highest BCUT2D eigenvalue weighted by Crippen LogP contribution is 2.44. The van der Waals surface area contributed by atoms with Gasteiger partial charge >= 0.3 is 5.91 Å². The summed E-state index contributed by atoms with van der Waals surface area (Å²) in [5.74, 6) is -1.74. The average Bonchev–Trinajstić information content (AvgIpc) is 3.67. The summed E-state index contributed by atoms with van der Waals surface area (Å²) in [7, 11) is 0. The molecule has 11 nitrogen and oxygen atoms in total. The number of aliphatic hydroxyl groups excluding tert-OH is 1. The van der Waals surface area contributed by atoms with Crippen molar-refractivity contribution in [3.8, 4) is 0 Å². The lowest BCUT2D eigenvalue weighted by atomic mass is 9.96. The molecule has 13 heteroatoms. The molecule has 1 saturated heterocycles.